The third kappa shape index (κ3) is 3.94. The normalized spacial score (nSPS) is 13.9. The van der Waals surface area contributed by atoms with E-state index < -0.39 is 5.54 Å². The Morgan fingerprint density at radius 1 is 1.47 bits per heavy atom. The number of esters is 1. The smallest absolute Gasteiger partial charge is 0.330 e. The Bertz CT molecular complexity index is 453. The van der Waals surface area contributed by atoms with Gasteiger partial charge in [-0.25, -0.2) is 4.79 Å². The standard InChI is InChI=1S/C14H19BrClNO2/c1-4-8-17-14(3,13(18)19-5-2)11-7-6-10(15)9-12(11)16/h6-7,9,17H,4-5,8H2,1-3H3. The predicted molar refractivity (Wildman–Crippen MR) is 81.4 cm³/mol. The van der Waals surface area contributed by atoms with E-state index in [1.54, 1.807) is 19.9 Å². The highest BCUT2D eigenvalue weighted by Crippen LogP contribution is 2.31. The third-order valence-corrected chi connectivity index (χ3v) is 3.69. The zero-order valence-corrected chi connectivity index (χ0v) is 13.8. The van der Waals surface area contributed by atoms with Crippen molar-refractivity contribution in [2.75, 3.05) is 13.2 Å². The van der Waals surface area contributed by atoms with Crippen molar-refractivity contribution in [1.82, 2.24) is 5.32 Å². The van der Waals surface area contributed by atoms with E-state index in [1.165, 1.54) is 0 Å². The number of carbonyl (C=O) groups is 1. The topological polar surface area (TPSA) is 38.3 Å². The van der Waals surface area contributed by atoms with Gasteiger partial charge in [0.2, 0.25) is 0 Å². The average Bonchev–Trinajstić information content (AvgIpc) is 2.36. The first-order valence-corrected chi connectivity index (χ1v) is 7.50. The molecule has 0 aliphatic carbocycles. The second kappa shape index (κ2) is 7.27. The zero-order chi connectivity index (χ0) is 14.5. The maximum atomic E-state index is 12.3. The van der Waals surface area contributed by atoms with Gasteiger partial charge in [-0.05, 0) is 38.9 Å². The maximum Gasteiger partial charge on any atom is 0.330 e. The molecule has 0 saturated carbocycles. The van der Waals surface area contributed by atoms with Crippen LogP contribution in [-0.2, 0) is 15.1 Å². The van der Waals surface area contributed by atoms with Gasteiger partial charge in [0.15, 0.2) is 0 Å². The minimum atomic E-state index is -0.927. The summed E-state index contributed by atoms with van der Waals surface area (Å²) in [5, 5.41) is 3.77. The van der Waals surface area contributed by atoms with E-state index in [2.05, 4.69) is 21.2 Å². The van der Waals surface area contributed by atoms with Crippen LogP contribution in [0.4, 0.5) is 0 Å². The molecule has 3 nitrogen and oxygen atoms in total. The van der Waals surface area contributed by atoms with Gasteiger partial charge in [-0.2, -0.15) is 0 Å². The molecule has 1 unspecified atom stereocenters. The fraction of sp³-hybridized carbons (Fsp3) is 0.500. The van der Waals surface area contributed by atoms with E-state index in [1.807, 2.05) is 19.1 Å². The summed E-state index contributed by atoms with van der Waals surface area (Å²) in [7, 11) is 0. The fourth-order valence-corrected chi connectivity index (χ4v) is 2.69. The number of hydrogen-bond acceptors (Lipinski definition) is 3. The Kier molecular flexibility index (Phi) is 6.30. The van der Waals surface area contributed by atoms with Crippen molar-refractivity contribution in [2.24, 2.45) is 0 Å². The van der Waals surface area contributed by atoms with Gasteiger partial charge in [0.25, 0.3) is 0 Å². The fourth-order valence-electron chi connectivity index (χ4n) is 1.82. The van der Waals surface area contributed by atoms with Gasteiger partial charge >= 0.3 is 5.97 Å². The molecule has 1 aromatic rings. The Hall–Kier alpha value is -0.580. The molecule has 0 heterocycles. The Morgan fingerprint density at radius 3 is 2.68 bits per heavy atom. The van der Waals surface area contributed by atoms with Crippen LogP contribution in [0.3, 0.4) is 0 Å². The Morgan fingerprint density at radius 2 is 2.16 bits per heavy atom. The highest BCUT2D eigenvalue weighted by atomic mass is 79.9. The molecule has 0 aliphatic heterocycles. The zero-order valence-electron chi connectivity index (χ0n) is 11.4. The van der Waals surface area contributed by atoms with Crippen LogP contribution in [0.25, 0.3) is 0 Å². The van der Waals surface area contributed by atoms with Gasteiger partial charge in [-0.15, -0.1) is 0 Å². The number of carbonyl (C=O) groups excluding carboxylic acids is 1. The van der Waals surface area contributed by atoms with Gasteiger partial charge in [0.05, 0.1) is 6.61 Å². The van der Waals surface area contributed by atoms with Crippen molar-refractivity contribution in [2.45, 2.75) is 32.7 Å². The van der Waals surface area contributed by atoms with Crippen LogP contribution in [0.2, 0.25) is 5.02 Å². The van der Waals surface area contributed by atoms with Crippen LogP contribution in [0.5, 0.6) is 0 Å². The number of halogens is 2. The minimum absolute atomic E-state index is 0.312. The van der Waals surface area contributed by atoms with Crippen LogP contribution in [-0.4, -0.2) is 19.1 Å². The molecular weight excluding hydrogens is 330 g/mol. The summed E-state index contributed by atoms with van der Waals surface area (Å²) in [5.41, 5.74) is -0.201. The number of rotatable bonds is 6. The van der Waals surface area contributed by atoms with E-state index in [0.717, 1.165) is 16.5 Å². The molecule has 0 aromatic heterocycles. The Labute approximate surface area is 127 Å². The first kappa shape index (κ1) is 16.5. The van der Waals surface area contributed by atoms with E-state index in [4.69, 9.17) is 16.3 Å². The molecular formula is C14H19BrClNO2. The second-order valence-corrected chi connectivity index (χ2v) is 5.72. The SMILES string of the molecule is CCCNC(C)(C(=O)OCC)c1ccc(Br)cc1Cl. The largest absolute Gasteiger partial charge is 0.464 e. The van der Waals surface area contributed by atoms with Crippen molar-refractivity contribution in [3.63, 3.8) is 0 Å². The van der Waals surface area contributed by atoms with Gasteiger partial charge in [0.1, 0.15) is 5.54 Å². The molecule has 106 valence electrons. The lowest BCUT2D eigenvalue weighted by molar-refractivity contribution is -0.151. The average molecular weight is 349 g/mol. The van der Waals surface area contributed by atoms with Crippen LogP contribution >= 0.6 is 27.5 Å². The lowest BCUT2D eigenvalue weighted by atomic mass is 9.91. The summed E-state index contributed by atoms with van der Waals surface area (Å²) in [4.78, 5) is 12.3. The molecule has 0 radical (unpaired) electrons. The molecule has 1 atom stereocenters. The first-order valence-electron chi connectivity index (χ1n) is 6.33. The molecule has 0 spiro atoms. The monoisotopic (exact) mass is 347 g/mol. The molecule has 19 heavy (non-hydrogen) atoms. The molecule has 1 aromatic carbocycles. The molecule has 0 amide bonds. The van der Waals surface area contributed by atoms with Crippen molar-refractivity contribution >= 4 is 33.5 Å². The first-order chi connectivity index (χ1) is 8.95. The minimum Gasteiger partial charge on any atom is -0.464 e. The van der Waals surface area contributed by atoms with Gasteiger partial charge < -0.3 is 4.74 Å². The molecule has 5 heteroatoms. The van der Waals surface area contributed by atoms with Gasteiger partial charge in [0, 0.05) is 15.1 Å². The summed E-state index contributed by atoms with van der Waals surface area (Å²) >= 11 is 9.62. The van der Waals surface area contributed by atoms with E-state index in [0.29, 0.717) is 18.2 Å². The predicted octanol–water partition coefficient (Wildman–Crippen LogP) is 3.88. The lowest BCUT2D eigenvalue weighted by Gasteiger charge is -2.30. The summed E-state index contributed by atoms with van der Waals surface area (Å²) in [5.74, 6) is -0.312. The molecule has 0 saturated heterocycles. The maximum absolute atomic E-state index is 12.3. The van der Waals surface area contributed by atoms with E-state index >= 15 is 0 Å². The van der Waals surface area contributed by atoms with E-state index in [-0.39, 0.29) is 5.97 Å². The molecule has 1 N–H and O–H groups in total. The third-order valence-electron chi connectivity index (χ3n) is 2.88. The highest BCUT2D eigenvalue weighted by Gasteiger charge is 2.37. The van der Waals surface area contributed by atoms with Crippen molar-refractivity contribution in [1.29, 1.82) is 0 Å². The van der Waals surface area contributed by atoms with Crippen LogP contribution in [0, 0.1) is 0 Å². The van der Waals surface area contributed by atoms with Crippen LogP contribution < -0.4 is 5.32 Å². The van der Waals surface area contributed by atoms with E-state index in [9.17, 15) is 4.79 Å². The number of benzene rings is 1. The number of nitrogens with one attached hydrogen (secondary N) is 1. The van der Waals surface area contributed by atoms with Crippen molar-refractivity contribution in [3.05, 3.63) is 33.3 Å². The lowest BCUT2D eigenvalue weighted by Crippen LogP contribution is -2.48. The van der Waals surface area contributed by atoms with Crippen molar-refractivity contribution in [3.8, 4) is 0 Å². The van der Waals surface area contributed by atoms with Crippen molar-refractivity contribution < 1.29 is 9.53 Å². The summed E-state index contributed by atoms with van der Waals surface area (Å²) < 4.78 is 6.05. The van der Waals surface area contributed by atoms with Crippen LogP contribution in [0.15, 0.2) is 22.7 Å². The number of ether oxygens (including phenoxy) is 1. The highest BCUT2D eigenvalue weighted by molar-refractivity contribution is 9.10. The Balaban J connectivity index is 3.18. The molecule has 0 bridgehead atoms. The quantitative estimate of drug-likeness (QED) is 0.793. The summed E-state index contributed by atoms with van der Waals surface area (Å²) in [6.45, 7) is 6.69. The second-order valence-electron chi connectivity index (χ2n) is 4.40. The van der Waals surface area contributed by atoms with Gasteiger partial charge in [-0.3, -0.25) is 5.32 Å². The van der Waals surface area contributed by atoms with Crippen LogP contribution in [0.1, 0.15) is 32.8 Å². The summed E-state index contributed by atoms with van der Waals surface area (Å²) in [6.07, 6.45) is 0.920. The van der Waals surface area contributed by atoms with Gasteiger partial charge in [-0.1, -0.05) is 40.5 Å². The molecule has 1 rings (SSSR count). The molecule has 0 aliphatic rings. The number of hydrogen-bond donors (Lipinski definition) is 1. The summed E-state index contributed by atoms with van der Waals surface area (Å²) in [6, 6.07) is 5.49. The molecule has 0 fully saturated rings.